The van der Waals surface area contributed by atoms with E-state index in [2.05, 4.69) is 16.2 Å². The minimum absolute atomic E-state index is 0.0206. The zero-order chi connectivity index (χ0) is 22.9. The van der Waals surface area contributed by atoms with Crippen LogP contribution in [0.5, 0.6) is 5.75 Å². The summed E-state index contributed by atoms with van der Waals surface area (Å²) in [6.07, 6.45) is 0. The van der Waals surface area contributed by atoms with Crippen molar-refractivity contribution in [1.29, 1.82) is 0 Å². The van der Waals surface area contributed by atoms with E-state index < -0.39 is 11.8 Å². The standard InChI is InChI=1S/C25H25N3O3S/c1-17-13-14-18(2)21(15-17)31-16-22(29)26-25(32)28-27-24(30)23(19-9-5-3-6-10-19)20-11-7-4-8-12-20/h3-15,23H,16H2,1-2H3,(H,27,30)(H2,26,28,29,32). The molecule has 0 saturated carbocycles. The van der Waals surface area contributed by atoms with Crippen LogP contribution >= 0.6 is 12.2 Å². The van der Waals surface area contributed by atoms with Gasteiger partial charge in [-0.05, 0) is 54.4 Å². The van der Waals surface area contributed by atoms with Gasteiger partial charge in [0.1, 0.15) is 5.75 Å². The van der Waals surface area contributed by atoms with Crippen LogP contribution in [-0.4, -0.2) is 23.5 Å². The maximum Gasteiger partial charge on any atom is 0.264 e. The summed E-state index contributed by atoms with van der Waals surface area (Å²) in [4.78, 5) is 25.1. The van der Waals surface area contributed by atoms with E-state index in [0.717, 1.165) is 22.3 Å². The normalized spacial score (nSPS) is 10.3. The SMILES string of the molecule is Cc1ccc(C)c(OCC(=O)NC(=S)NNC(=O)C(c2ccccc2)c2ccccc2)c1. The highest BCUT2D eigenvalue weighted by Gasteiger charge is 2.22. The number of thiocarbonyl (C=S) groups is 1. The average Bonchev–Trinajstić information content (AvgIpc) is 2.80. The molecule has 0 atom stereocenters. The molecule has 0 spiro atoms. The molecule has 0 unspecified atom stereocenters. The molecule has 0 radical (unpaired) electrons. The molecule has 0 aliphatic rings. The minimum atomic E-state index is -0.531. The highest BCUT2D eigenvalue weighted by atomic mass is 32.1. The molecule has 3 N–H and O–H groups in total. The molecule has 32 heavy (non-hydrogen) atoms. The summed E-state index contributed by atoms with van der Waals surface area (Å²) in [7, 11) is 0. The van der Waals surface area contributed by atoms with Gasteiger partial charge in [-0.15, -0.1) is 0 Å². The van der Waals surface area contributed by atoms with Crippen LogP contribution in [0.4, 0.5) is 0 Å². The summed E-state index contributed by atoms with van der Waals surface area (Å²) >= 11 is 5.13. The average molecular weight is 448 g/mol. The summed E-state index contributed by atoms with van der Waals surface area (Å²) in [6.45, 7) is 3.66. The van der Waals surface area contributed by atoms with Crippen LogP contribution in [0, 0.1) is 13.8 Å². The third kappa shape index (κ3) is 6.39. The number of aryl methyl sites for hydroxylation is 2. The fourth-order valence-electron chi connectivity index (χ4n) is 3.18. The first-order chi connectivity index (χ1) is 15.4. The van der Waals surface area contributed by atoms with Crippen LogP contribution < -0.4 is 20.9 Å². The number of carbonyl (C=O) groups is 2. The number of hydrogen-bond acceptors (Lipinski definition) is 4. The number of rotatable bonds is 6. The van der Waals surface area contributed by atoms with Crippen molar-refractivity contribution in [2.24, 2.45) is 0 Å². The van der Waals surface area contributed by atoms with Crippen molar-refractivity contribution in [2.45, 2.75) is 19.8 Å². The lowest BCUT2D eigenvalue weighted by Gasteiger charge is -2.19. The summed E-state index contributed by atoms with van der Waals surface area (Å²) < 4.78 is 5.57. The van der Waals surface area contributed by atoms with Crippen LogP contribution in [0.2, 0.25) is 0 Å². The zero-order valence-corrected chi connectivity index (χ0v) is 18.7. The van der Waals surface area contributed by atoms with Gasteiger partial charge in [-0.2, -0.15) is 0 Å². The predicted octanol–water partition coefficient (Wildman–Crippen LogP) is 3.54. The molecular weight excluding hydrogens is 422 g/mol. The van der Waals surface area contributed by atoms with Gasteiger partial charge in [0, 0.05) is 0 Å². The van der Waals surface area contributed by atoms with Gasteiger partial charge in [0.2, 0.25) is 5.91 Å². The predicted molar refractivity (Wildman–Crippen MR) is 128 cm³/mol. The summed E-state index contributed by atoms with van der Waals surface area (Å²) in [5.74, 6) is -0.622. The second kappa shape index (κ2) is 11.1. The number of carbonyl (C=O) groups excluding carboxylic acids is 2. The Kier molecular flexibility index (Phi) is 7.94. The molecule has 0 saturated heterocycles. The monoisotopic (exact) mass is 447 g/mol. The van der Waals surface area contributed by atoms with E-state index in [0.29, 0.717) is 5.75 Å². The third-order valence-corrected chi connectivity index (χ3v) is 4.99. The maximum atomic E-state index is 12.9. The molecule has 7 heteroatoms. The van der Waals surface area contributed by atoms with Gasteiger partial charge in [0.05, 0.1) is 5.92 Å². The van der Waals surface area contributed by atoms with Crippen molar-refractivity contribution < 1.29 is 14.3 Å². The Morgan fingerprint density at radius 2 is 1.47 bits per heavy atom. The van der Waals surface area contributed by atoms with E-state index in [4.69, 9.17) is 17.0 Å². The van der Waals surface area contributed by atoms with E-state index in [1.807, 2.05) is 92.7 Å². The molecule has 3 rings (SSSR count). The molecular formula is C25H25N3O3S. The first kappa shape index (κ1) is 23.0. The number of nitrogens with one attached hydrogen (secondary N) is 3. The second-order valence-corrected chi connectivity index (χ2v) is 7.71. The number of amides is 2. The van der Waals surface area contributed by atoms with Crippen molar-refractivity contribution >= 4 is 29.1 Å². The van der Waals surface area contributed by atoms with Crippen molar-refractivity contribution in [2.75, 3.05) is 6.61 Å². The topological polar surface area (TPSA) is 79.5 Å². The Balaban J connectivity index is 1.55. The second-order valence-electron chi connectivity index (χ2n) is 7.30. The summed E-state index contributed by atoms with van der Waals surface area (Å²) in [6, 6.07) is 24.7. The Morgan fingerprint density at radius 3 is 2.06 bits per heavy atom. The number of benzene rings is 3. The van der Waals surface area contributed by atoms with Gasteiger partial charge < -0.3 is 4.74 Å². The Morgan fingerprint density at radius 1 is 0.875 bits per heavy atom. The van der Waals surface area contributed by atoms with E-state index >= 15 is 0 Å². The molecule has 2 amide bonds. The fraction of sp³-hybridized carbons (Fsp3) is 0.160. The van der Waals surface area contributed by atoms with Gasteiger partial charge in [0.25, 0.3) is 5.91 Å². The lowest BCUT2D eigenvalue weighted by Crippen LogP contribution is -2.50. The smallest absolute Gasteiger partial charge is 0.264 e. The third-order valence-electron chi connectivity index (χ3n) is 4.78. The number of hydrogen-bond donors (Lipinski definition) is 3. The lowest BCUT2D eigenvalue weighted by atomic mass is 9.91. The van der Waals surface area contributed by atoms with Crippen molar-refractivity contribution in [3.63, 3.8) is 0 Å². The van der Waals surface area contributed by atoms with Crippen molar-refractivity contribution in [3.05, 3.63) is 101 Å². The summed E-state index contributed by atoms with van der Waals surface area (Å²) in [5.41, 5.74) is 8.84. The first-order valence-electron chi connectivity index (χ1n) is 10.1. The molecule has 3 aromatic rings. The molecule has 3 aromatic carbocycles. The lowest BCUT2D eigenvalue weighted by molar-refractivity contribution is -0.123. The van der Waals surface area contributed by atoms with Crippen LogP contribution in [-0.2, 0) is 9.59 Å². The largest absolute Gasteiger partial charge is 0.483 e. The Labute approximate surface area is 193 Å². The van der Waals surface area contributed by atoms with E-state index in [1.54, 1.807) is 0 Å². The summed E-state index contributed by atoms with van der Waals surface area (Å²) in [5, 5.41) is 2.48. The van der Waals surface area contributed by atoms with Crippen LogP contribution in [0.15, 0.2) is 78.9 Å². The fourth-order valence-corrected chi connectivity index (χ4v) is 3.34. The minimum Gasteiger partial charge on any atom is -0.483 e. The molecule has 0 fully saturated rings. The van der Waals surface area contributed by atoms with Gasteiger partial charge in [-0.1, -0.05) is 72.8 Å². The van der Waals surface area contributed by atoms with Gasteiger partial charge in [0.15, 0.2) is 11.7 Å². The molecule has 0 heterocycles. The van der Waals surface area contributed by atoms with E-state index in [1.165, 1.54) is 0 Å². The first-order valence-corrected chi connectivity index (χ1v) is 10.5. The molecule has 164 valence electrons. The maximum absolute atomic E-state index is 12.9. The van der Waals surface area contributed by atoms with Gasteiger partial charge in [-0.25, -0.2) is 0 Å². The van der Waals surface area contributed by atoms with E-state index in [-0.39, 0.29) is 17.6 Å². The number of hydrazine groups is 1. The molecule has 0 bridgehead atoms. The van der Waals surface area contributed by atoms with Crippen LogP contribution in [0.3, 0.4) is 0 Å². The van der Waals surface area contributed by atoms with E-state index in [9.17, 15) is 9.59 Å². The van der Waals surface area contributed by atoms with Gasteiger partial charge >= 0.3 is 0 Å². The van der Waals surface area contributed by atoms with Crippen LogP contribution in [0.25, 0.3) is 0 Å². The molecule has 0 aliphatic heterocycles. The Hall–Kier alpha value is -3.71. The highest BCUT2D eigenvalue weighted by molar-refractivity contribution is 7.80. The Bertz CT molecular complexity index is 1050. The van der Waals surface area contributed by atoms with Crippen molar-refractivity contribution in [1.82, 2.24) is 16.2 Å². The zero-order valence-electron chi connectivity index (χ0n) is 17.9. The molecule has 0 aliphatic carbocycles. The highest BCUT2D eigenvalue weighted by Crippen LogP contribution is 2.24. The van der Waals surface area contributed by atoms with Crippen molar-refractivity contribution in [3.8, 4) is 5.75 Å². The van der Waals surface area contributed by atoms with Crippen LogP contribution in [0.1, 0.15) is 28.2 Å². The number of ether oxygens (including phenoxy) is 1. The van der Waals surface area contributed by atoms with Gasteiger partial charge in [-0.3, -0.25) is 25.8 Å². The molecule has 0 aromatic heterocycles. The molecule has 6 nitrogen and oxygen atoms in total. The quantitative estimate of drug-likeness (QED) is 0.398.